The number of pyridine rings is 1. The molecule has 1 aromatic heterocycles. The van der Waals surface area contributed by atoms with E-state index in [0.29, 0.717) is 12.2 Å². The number of rotatable bonds is 3. The average Bonchev–Trinajstić information content (AvgIpc) is 2.55. The van der Waals surface area contributed by atoms with E-state index in [1.54, 1.807) is 11.2 Å². The van der Waals surface area contributed by atoms with Crippen LogP contribution in [-0.2, 0) is 0 Å². The molecule has 0 bridgehead atoms. The Labute approximate surface area is 156 Å². The number of aromatic nitrogens is 1. The maximum atomic E-state index is 6.37. The SMILES string of the molecule is CC(C)(C)CN(N)c1ccc(-c2ccc3ncccc3c2)c(Br)c1N. The molecule has 0 saturated heterocycles. The molecule has 0 amide bonds. The summed E-state index contributed by atoms with van der Waals surface area (Å²) in [5.74, 6) is 6.24. The molecule has 4 nitrogen and oxygen atoms in total. The highest BCUT2D eigenvalue weighted by Gasteiger charge is 2.18. The molecule has 0 spiro atoms. The molecule has 4 N–H and O–H groups in total. The van der Waals surface area contributed by atoms with Crippen LogP contribution >= 0.6 is 15.9 Å². The predicted octanol–water partition coefficient (Wildman–Crippen LogP) is 4.97. The highest BCUT2D eigenvalue weighted by Crippen LogP contribution is 2.39. The minimum atomic E-state index is 0.0810. The monoisotopic (exact) mass is 398 g/mol. The molecule has 0 aliphatic carbocycles. The van der Waals surface area contributed by atoms with Gasteiger partial charge in [-0.2, -0.15) is 0 Å². The number of nitrogens with two attached hydrogens (primary N) is 2. The van der Waals surface area contributed by atoms with Crippen LogP contribution in [-0.4, -0.2) is 11.5 Å². The van der Waals surface area contributed by atoms with Gasteiger partial charge in [-0.1, -0.05) is 39.0 Å². The fourth-order valence-electron chi connectivity index (χ4n) is 2.90. The van der Waals surface area contributed by atoms with Crippen molar-refractivity contribution in [1.82, 2.24) is 4.98 Å². The normalized spacial score (nSPS) is 11.7. The second-order valence-corrected chi connectivity index (χ2v) is 8.25. The molecule has 0 unspecified atom stereocenters. The van der Waals surface area contributed by atoms with E-state index >= 15 is 0 Å². The molecule has 0 aliphatic heterocycles. The Balaban J connectivity index is 2.01. The minimum Gasteiger partial charge on any atom is -0.396 e. The number of anilines is 2. The Hall–Kier alpha value is -2.11. The molecular weight excluding hydrogens is 376 g/mol. The molecule has 0 aliphatic rings. The van der Waals surface area contributed by atoms with E-state index in [-0.39, 0.29) is 5.41 Å². The van der Waals surface area contributed by atoms with Crippen LogP contribution in [0, 0.1) is 5.41 Å². The number of halogens is 1. The van der Waals surface area contributed by atoms with Gasteiger partial charge in [-0.3, -0.25) is 4.98 Å². The topological polar surface area (TPSA) is 68.2 Å². The standard InChI is InChI=1S/C20H23BrN4/c1-20(2,3)12-25(23)17-9-7-15(18(21)19(17)22)13-6-8-16-14(11-13)5-4-10-24-16/h4-11H,12,22-23H2,1-3H3. The summed E-state index contributed by atoms with van der Waals surface area (Å²) in [6.07, 6.45) is 1.80. The first kappa shape index (κ1) is 17.7. The van der Waals surface area contributed by atoms with Crippen molar-refractivity contribution in [3.63, 3.8) is 0 Å². The number of fused-ring (bicyclic) bond motifs is 1. The van der Waals surface area contributed by atoms with Gasteiger partial charge >= 0.3 is 0 Å². The van der Waals surface area contributed by atoms with Gasteiger partial charge in [0.25, 0.3) is 0 Å². The molecule has 25 heavy (non-hydrogen) atoms. The summed E-state index contributed by atoms with van der Waals surface area (Å²) in [5.41, 5.74) is 11.0. The zero-order valence-corrected chi connectivity index (χ0v) is 16.3. The van der Waals surface area contributed by atoms with E-state index in [1.807, 2.05) is 18.2 Å². The highest BCUT2D eigenvalue weighted by molar-refractivity contribution is 9.10. The number of nitrogen functional groups attached to an aromatic ring is 1. The lowest BCUT2D eigenvalue weighted by Crippen LogP contribution is -2.38. The van der Waals surface area contributed by atoms with Gasteiger partial charge in [0.2, 0.25) is 0 Å². The minimum absolute atomic E-state index is 0.0810. The van der Waals surface area contributed by atoms with Crippen molar-refractivity contribution in [3.05, 3.63) is 53.1 Å². The Kier molecular flexibility index (Phi) is 4.71. The maximum absolute atomic E-state index is 6.37. The third-order valence-electron chi connectivity index (χ3n) is 4.02. The first-order valence-corrected chi connectivity index (χ1v) is 9.01. The molecule has 130 valence electrons. The van der Waals surface area contributed by atoms with Crippen LogP contribution in [0.5, 0.6) is 0 Å². The Morgan fingerprint density at radius 3 is 2.60 bits per heavy atom. The van der Waals surface area contributed by atoms with Crippen LogP contribution in [0.1, 0.15) is 20.8 Å². The Bertz CT molecular complexity index is 915. The smallest absolute Gasteiger partial charge is 0.0758 e. The molecule has 0 fully saturated rings. The predicted molar refractivity (Wildman–Crippen MR) is 110 cm³/mol. The molecule has 5 heteroatoms. The van der Waals surface area contributed by atoms with Gasteiger partial charge in [-0.15, -0.1) is 0 Å². The summed E-state index contributed by atoms with van der Waals surface area (Å²) >= 11 is 3.66. The highest BCUT2D eigenvalue weighted by atomic mass is 79.9. The van der Waals surface area contributed by atoms with Crippen LogP contribution < -0.4 is 16.6 Å². The van der Waals surface area contributed by atoms with Crippen LogP contribution in [0.4, 0.5) is 11.4 Å². The van der Waals surface area contributed by atoms with Crippen molar-refractivity contribution >= 4 is 38.2 Å². The van der Waals surface area contributed by atoms with Crippen molar-refractivity contribution in [1.29, 1.82) is 0 Å². The van der Waals surface area contributed by atoms with Gasteiger partial charge in [0.15, 0.2) is 0 Å². The molecule has 3 aromatic rings. The summed E-state index contributed by atoms with van der Waals surface area (Å²) < 4.78 is 0.859. The lowest BCUT2D eigenvalue weighted by molar-refractivity contribution is 0.412. The molecule has 2 aromatic carbocycles. The fraction of sp³-hybridized carbons (Fsp3) is 0.250. The van der Waals surface area contributed by atoms with Crippen LogP contribution in [0.2, 0.25) is 0 Å². The van der Waals surface area contributed by atoms with Crippen molar-refractivity contribution in [2.45, 2.75) is 20.8 Å². The third-order valence-corrected chi connectivity index (χ3v) is 4.88. The number of hydrazine groups is 1. The number of benzene rings is 2. The van der Waals surface area contributed by atoms with Gasteiger partial charge in [-0.05, 0) is 56.7 Å². The lowest BCUT2D eigenvalue weighted by atomic mass is 9.96. The van der Waals surface area contributed by atoms with Crippen molar-refractivity contribution in [3.8, 4) is 11.1 Å². The van der Waals surface area contributed by atoms with Crippen LogP contribution in [0.25, 0.3) is 22.0 Å². The Morgan fingerprint density at radius 1 is 1.12 bits per heavy atom. The van der Waals surface area contributed by atoms with Gasteiger partial charge in [-0.25, -0.2) is 5.84 Å². The summed E-state index contributed by atoms with van der Waals surface area (Å²) in [6, 6.07) is 14.2. The van der Waals surface area contributed by atoms with E-state index in [4.69, 9.17) is 11.6 Å². The van der Waals surface area contributed by atoms with E-state index < -0.39 is 0 Å². The lowest BCUT2D eigenvalue weighted by Gasteiger charge is -2.29. The molecule has 0 radical (unpaired) electrons. The first-order chi connectivity index (χ1) is 11.8. The second-order valence-electron chi connectivity index (χ2n) is 7.46. The first-order valence-electron chi connectivity index (χ1n) is 8.22. The maximum Gasteiger partial charge on any atom is 0.0758 e. The second kappa shape index (κ2) is 6.65. The summed E-state index contributed by atoms with van der Waals surface area (Å²) in [4.78, 5) is 4.37. The van der Waals surface area contributed by atoms with Gasteiger partial charge in [0, 0.05) is 18.1 Å². The van der Waals surface area contributed by atoms with Crippen LogP contribution in [0.15, 0.2) is 53.1 Å². The van der Waals surface area contributed by atoms with Crippen LogP contribution in [0.3, 0.4) is 0 Å². The van der Waals surface area contributed by atoms with Crippen molar-refractivity contribution in [2.75, 3.05) is 17.3 Å². The molecule has 3 rings (SSSR count). The summed E-state index contributed by atoms with van der Waals surface area (Å²) in [7, 11) is 0. The average molecular weight is 399 g/mol. The van der Waals surface area contributed by atoms with Gasteiger partial charge in [0.1, 0.15) is 0 Å². The third kappa shape index (κ3) is 3.78. The fourth-order valence-corrected chi connectivity index (χ4v) is 3.46. The largest absolute Gasteiger partial charge is 0.396 e. The number of hydrogen-bond acceptors (Lipinski definition) is 4. The zero-order chi connectivity index (χ0) is 18.2. The molecular formula is C20H23BrN4. The van der Waals surface area contributed by atoms with Crippen molar-refractivity contribution in [2.24, 2.45) is 11.3 Å². The molecule has 0 saturated carbocycles. The molecule has 1 heterocycles. The van der Waals surface area contributed by atoms with E-state index in [1.165, 1.54) is 0 Å². The van der Waals surface area contributed by atoms with E-state index in [0.717, 1.165) is 32.2 Å². The molecule has 0 atom stereocenters. The zero-order valence-electron chi connectivity index (χ0n) is 14.8. The van der Waals surface area contributed by atoms with E-state index in [9.17, 15) is 0 Å². The quantitative estimate of drug-likeness (QED) is 0.371. The van der Waals surface area contributed by atoms with E-state index in [2.05, 4.69) is 66.0 Å². The number of nitrogens with zero attached hydrogens (tertiary/aromatic N) is 2. The number of hydrogen-bond donors (Lipinski definition) is 2. The van der Waals surface area contributed by atoms with Gasteiger partial charge < -0.3 is 10.7 Å². The Morgan fingerprint density at radius 2 is 1.88 bits per heavy atom. The van der Waals surface area contributed by atoms with Gasteiger partial charge in [0.05, 0.1) is 21.4 Å². The van der Waals surface area contributed by atoms with Crippen molar-refractivity contribution < 1.29 is 0 Å². The summed E-state index contributed by atoms with van der Waals surface area (Å²) in [5, 5.41) is 2.82. The summed E-state index contributed by atoms with van der Waals surface area (Å²) in [6.45, 7) is 7.16.